The van der Waals surface area contributed by atoms with Crippen LogP contribution in [-0.2, 0) is 12.8 Å². The Morgan fingerprint density at radius 1 is 1.17 bits per heavy atom. The first-order chi connectivity index (χ1) is 11.0. The van der Waals surface area contributed by atoms with E-state index in [1.54, 1.807) is 0 Å². The van der Waals surface area contributed by atoms with Crippen LogP contribution in [0.1, 0.15) is 51.7 Å². The summed E-state index contributed by atoms with van der Waals surface area (Å²) >= 11 is 0. The molecule has 1 aliphatic rings. The molecule has 2 rings (SSSR count). The van der Waals surface area contributed by atoms with Gasteiger partial charge in [-0.1, -0.05) is 12.1 Å². The first-order valence-electron chi connectivity index (χ1n) is 8.92. The van der Waals surface area contributed by atoms with Gasteiger partial charge in [0, 0.05) is 24.3 Å². The van der Waals surface area contributed by atoms with Gasteiger partial charge < -0.3 is 11.1 Å². The first-order valence-corrected chi connectivity index (χ1v) is 8.92. The Morgan fingerprint density at radius 3 is 2.57 bits per heavy atom. The number of aryl methyl sites for hydroxylation is 1. The van der Waals surface area contributed by atoms with Crippen molar-refractivity contribution < 1.29 is 0 Å². The van der Waals surface area contributed by atoms with Gasteiger partial charge >= 0.3 is 0 Å². The summed E-state index contributed by atoms with van der Waals surface area (Å²) in [5.41, 5.74) is 10.1. The molecule has 0 aliphatic heterocycles. The second-order valence-electron chi connectivity index (χ2n) is 6.97. The molecule has 0 saturated carbocycles. The van der Waals surface area contributed by atoms with E-state index in [-0.39, 0.29) is 0 Å². The van der Waals surface area contributed by atoms with E-state index in [1.807, 2.05) is 0 Å². The van der Waals surface area contributed by atoms with Crippen molar-refractivity contribution in [2.45, 2.75) is 65.5 Å². The third kappa shape index (κ3) is 4.96. The summed E-state index contributed by atoms with van der Waals surface area (Å²) in [6.07, 6.45) is 4.88. The van der Waals surface area contributed by atoms with Crippen molar-refractivity contribution in [2.75, 3.05) is 18.4 Å². The minimum Gasteiger partial charge on any atom is -0.370 e. The molecule has 0 aromatic heterocycles. The number of aliphatic imine (C=N–C) groups is 1. The van der Waals surface area contributed by atoms with Gasteiger partial charge in [0.25, 0.3) is 0 Å². The predicted molar refractivity (Wildman–Crippen MR) is 100 cm³/mol. The summed E-state index contributed by atoms with van der Waals surface area (Å²) in [4.78, 5) is 6.95. The summed E-state index contributed by atoms with van der Waals surface area (Å²) in [5, 5.41) is 3.31. The lowest BCUT2D eigenvalue weighted by Crippen LogP contribution is -2.39. The summed E-state index contributed by atoms with van der Waals surface area (Å²) in [6.45, 7) is 10.6. The molecule has 0 saturated heterocycles. The maximum Gasteiger partial charge on any atom is 0.193 e. The number of hydrogen-bond acceptors (Lipinski definition) is 2. The molecule has 0 radical (unpaired) electrons. The van der Waals surface area contributed by atoms with Crippen molar-refractivity contribution in [2.24, 2.45) is 10.7 Å². The van der Waals surface area contributed by atoms with E-state index >= 15 is 0 Å². The molecule has 0 amide bonds. The van der Waals surface area contributed by atoms with Crippen molar-refractivity contribution in [3.05, 3.63) is 29.3 Å². The van der Waals surface area contributed by atoms with Crippen molar-refractivity contribution in [3.63, 3.8) is 0 Å². The third-order valence-corrected chi connectivity index (χ3v) is 4.63. The van der Waals surface area contributed by atoms with Crippen LogP contribution >= 0.6 is 0 Å². The quantitative estimate of drug-likeness (QED) is 0.624. The van der Waals surface area contributed by atoms with Crippen molar-refractivity contribution in [3.8, 4) is 0 Å². The van der Waals surface area contributed by atoms with Crippen molar-refractivity contribution in [1.82, 2.24) is 4.90 Å². The van der Waals surface area contributed by atoms with Crippen LogP contribution in [0.15, 0.2) is 23.2 Å². The Balaban J connectivity index is 1.95. The molecule has 128 valence electrons. The SMILES string of the molecule is CC(C)N(CCN=C(N)Nc1cccc2c1CCCC2)C(C)C. The maximum absolute atomic E-state index is 6.10. The molecule has 1 aromatic rings. The summed E-state index contributed by atoms with van der Waals surface area (Å²) in [5.74, 6) is 0.524. The van der Waals surface area contributed by atoms with E-state index in [0.29, 0.717) is 18.0 Å². The fraction of sp³-hybridized carbons (Fsp3) is 0.632. The first kappa shape index (κ1) is 17.8. The van der Waals surface area contributed by atoms with Crippen molar-refractivity contribution in [1.29, 1.82) is 0 Å². The van der Waals surface area contributed by atoms with Gasteiger partial charge in [0.05, 0.1) is 6.54 Å². The molecule has 0 unspecified atom stereocenters. The number of hydrogen-bond donors (Lipinski definition) is 2. The molecule has 4 heteroatoms. The highest BCUT2D eigenvalue weighted by Gasteiger charge is 2.14. The lowest BCUT2D eigenvalue weighted by atomic mass is 9.90. The molecule has 3 N–H and O–H groups in total. The Morgan fingerprint density at radius 2 is 1.87 bits per heavy atom. The van der Waals surface area contributed by atoms with Gasteiger partial charge in [0.1, 0.15) is 0 Å². The molecule has 0 fully saturated rings. The van der Waals surface area contributed by atoms with E-state index < -0.39 is 0 Å². The molecular formula is C19H32N4. The minimum absolute atomic E-state index is 0.524. The van der Waals surface area contributed by atoms with Crippen LogP contribution in [0.3, 0.4) is 0 Å². The van der Waals surface area contributed by atoms with Crippen LogP contribution in [0.5, 0.6) is 0 Å². The molecule has 0 atom stereocenters. The number of rotatable bonds is 6. The smallest absolute Gasteiger partial charge is 0.193 e. The molecule has 1 aliphatic carbocycles. The summed E-state index contributed by atoms with van der Waals surface area (Å²) < 4.78 is 0. The number of benzene rings is 1. The predicted octanol–water partition coefficient (Wildman–Crippen LogP) is 3.41. The van der Waals surface area contributed by atoms with Gasteiger partial charge in [-0.15, -0.1) is 0 Å². The molecule has 0 heterocycles. The molecule has 0 bridgehead atoms. The average molecular weight is 316 g/mol. The van der Waals surface area contributed by atoms with Crippen LogP contribution in [0, 0.1) is 0 Å². The van der Waals surface area contributed by atoms with Gasteiger partial charge in [-0.05, 0) is 70.6 Å². The monoisotopic (exact) mass is 316 g/mol. The Hall–Kier alpha value is -1.55. The highest BCUT2D eigenvalue weighted by Crippen LogP contribution is 2.27. The van der Waals surface area contributed by atoms with E-state index in [4.69, 9.17) is 5.73 Å². The van der Waals surface area contributed by atoms with Gasteiger partial charge in [-0.3, -0.25) is 9.89 Å². The highest BCUT2D eigenvalue weighted by atomic mass is 15.2. The number of nitrogens with two attached hydrogens (primary N) is 1. The zero-order valence-electron chi connectivity index (χ0n) is 15.1. The molecule has 1 aromatic carbocycles. The van der Waals surface area contributed by atoms with Crippen LogP contribution < -0.4 is 11.1 Å². The highest BCUT2D eigenvalue weighted by molar-refractivity contribution is 5.93. The van der Waals surface area contributed by atoms with Crippen LogP contribution in [0.2, 0.25) is 0 Å². The van der Waals surface area contributed by atoms with Crippen LogP contribution in [0.25, 0.3) is 0 Å². The van der Waals surface area contributed by atoms with Gasteiger partial charge in [0.15, 0.2) is 5.96 Å². The topological polar surface area (TPSA) is 53.6 Å². The van der Waals surface area contributed by atoms with Gasteiger partial charge in [0.2, 0.25) is 0 Å². The second kappa shape index (κ2) is 8.34. The standard InChI is InChI=1S/C19H32N4/c1-14(2)23(15(3)4)13-12-21-19(20)22-18-11-7-9-16-8-5-6-10-17(16)18/h7,9,11,14-15H,5-6,8,10,12-13H2,1-4H3,(H3,20,21,22). The minimum atomic E-state index is 0.524. The lowest BCUT2D eigenvalue weighted by molar-refractivity contribution is 0.181. The fourth-order valence-electron chi connectivity index (χ4n) is 3.47. The number of anilines is 1. The summed E-state index contributed by atoms with van der Waals surface area (Å²) in [6, 6.07) is 7.51. The van der Waals surface area contributed by atoms with Crippen LogP contribution in [0.4, 0.5) is 5.69 Å². The molecule has 4 nitrogen and oxygen atoms in total. The van der Waals surface area contributed by atoms with Gasteiger partial charge in [-0.25, -0.2) is 0 Å². The average Bonchev–Trinajstić information content (AvgIpc) is 2.51. The Kier molecular flexibility index (Phi) is 6.46. The number of guanidine groups is 1. The lowest BCUT2D eigenvalue weighted by Gasteiger charge is -2.29. The fourth-order valence-corrected chi connectivity index (χ4v) is 3.47. The Labute approximate surface area is 141 Å². The second-order valence-corrected chi connectivity index (χ2v) is 6.97. The maximum atomic E-state index is 6.10. The molecular weight excluding hydrogens is 284 g/mol. The zero-order chi connectivity index (χ0) is 16.8. The van der Waals surface area contributed by atoms with E-state index in [0.717, 1.165) is 25.2 Å². The van der Waals surface area contributed by atoms with E-state index in [9.17, 15) is 0 Å². The van der Waals surface area contributed by atoms with E-state index in [1.165, 1.54) is 30.4 Å². The third-order valence-electron chi connectivity index (χ3n) is 4.63. The number of nitrogens with one attached hydrogen (secondary N) is 1. The van der Waals surface area contributed by atoms with Crippen LogP contribution in [-0.4, -0.2) is 36.0 Å². The zero-order valence-corrected chi connectivity index (χ0v) is 15.1. The summed E-state index contributed by atoms with van der Waals surface area (Å²) in [7, 11) is 0. The van der Waals surface area contributed by atoms with Crippen molar-refractivity contribution >= 4 is 11.6 Å². The number of fused-ring (bicyclic) bond motifs is 1. The largest absolute Gasteiger partial charge is 0.370 e. The molecule has 0 spiro atoms. The normalized spacial score (nSPS) is 15.3. The Bertz CT molecular complexity index is 526. The van der Waals surface area contributed by atoms with E-state index in [2.05, 4.69) is 61.1 Å². The number of nitrogens with zero attached hydrogens (tertiary/aromatic N) is 2. The molecule has 23 heavy (non-hydrogen) atoms. The van der Waals surface area contributed by atoms with Gasteiger partial charge in [-0.2, -0.15) is 0 Å².